The molecule has 8 heteroatoms. The minimum absolute atomic E-state index is 0.0286. The molecule has 1 amide bonds. The van der Waals surface area contributed by atoms with Gasteiger partial charge in [-0.3, -0.25) is 9.89 Å². The number of carbonyl (C=O) groups is 1. The van der Waals surface area contributed by atoms with E-state index in [2.05, 4.69) is 25.3 Å². The first-order valence-corrected chi connectivity index (χ1v) is 9.64. The van der Waals surface area contributed by atoms with Gasteiger partial charge in [-0.25, -0.2) is 9.97 Å². The van der Waals surface area contributed by atoms with Gasteiger partial charge in [0, 0.05) is 25.0 Å². The molecule has 8 nitrogen and oxygen atoms in total. The van der Waals surface area contributed by atoms with Crippen LogP contribution in [0.4, 0.5) is 0 Å². The van der Waals surface area contributed by atoms with Crippen LogP contribution in [0.1, 0.15) is 46.9 Å². The summed E-state index contributed by atoms with van der Waals surface area (Å²) in [5, 5.41) is 10.7. The number of aryl methyl sites for hydroxylation is 2. The SMILES string of the molecule is Cc1noc(C)c1-c1cc(C[C@H]2CCCN(C(=O)c3ccn[nH]3)CC2)ncn1. The Morgan fingerprint density at radius 3 is 2.93 bits per heavy atom. The van der Waals surface area contributed by atoms with Crippen molar-refractivity contribution >= 4 is 5.91 Å². The van der Waals surface area contributed by atoms with Crippen molar-refractivity contribution < 1.29 is 9.32 Å². The Bertz CT molecular complexity index is 930. The van der Waals surface area contributed by atoms with Gasteiger partial charge in [0.2, 0.25) is 0 Å². The van der Waals surface area contributed by atoms with Crippen LogP contribution in [-0.2, 0) is 6.42 Å². The second kappa shape index (κ2) is 7.92. The van der Waals surface area contributed by atoms with Crippen molar-refractivity contribution in [3.05, 3.63) is 47.5 Å². The zero-order chi connectivity index (χ0) is 19.5. The van der Waals surface area contributed by atoms with Crippen LogP contribution in [0.5, 0.6) is 0 Å². The molecule has 0 spiro atoms. The lowest BCUT2D eigenvalue weighted by atomic mass is 9.94. The molecule has 146 valence electrons. The van der Waals surface area contributed by atoms with Crippen molar-refractivity contribution in [3.63, 3.8) is 0 Å². The highest BCUT2D eigenvalue weighted by Crippen LogP contribution is 2.27. The summed E-state index contributed by atoms with van der Waals surface area (Å²) >= 11 is 0. The van der Waals surface area contributed by atoms with E-state index in [0.717, 1.165) is 67.2 Å². The number of nitrogens with zero attached hydrogens (tertiary/aromatic N) is 5. The van der Waals surface area contributed by atoms with Gasteiger partial charge < -0.3 is 9.42 Å². The second-order valence-electron chi connectivity index (χ2n) is 7.36. The number of hydrogen-bond acceptors (Lipinski definition) is 6. The largest absolute Gasteiger partial charge is 0.361 e. The number of carbonyl (C=O) groups excluding carboxylic acids is 1. The fraction of sp³-hybridized carbons (Fsp3) is 0.450. The summed E-state index contributed by atoms with van der Waals surface area (Å²) in [6.45, 7) is 5.35. The third-order valence-electron chi connectivity index (χ3n) is 5.38. The molecule has 1 aliphatic heterocycles. The van der Waals surface area contributed by atoms with Crippen LogP contribution in [0.2, 0.25) is 0 Å². The maximum atomic E-state index is 12.5. The fourth-order valence-corrected chi connectivity index (χ4v) is 3.91. The molecule has 4 rings (SSSR count). The highest BCUT2D eigenvalue weighted by Gasteiger charge is 2.23. The molecule has 1 aliphatic rings. The minimum atomic E-state index is 0.0286. The van der Waals surface area contributed by atoms with Crippen LogP contribution in [-0.4, -0.2) is 49.2 Å². The van der Waals surface area contributed by atoms with Gasteiger partial charge in [0.05, 0.1) is 17.0 Å². The van der Waals surface area contributed by atoms with Crippen LogP contribution in [0, 0.1) is 19.8 Å². The maximum absolute atomic E-state index is 12.5. The van der Waals surface area contributed by atoms with Crippen LogP contribution in [0.15, 0.2) is 29.2 Å². The zero-order valence-electron chi connectivity index (χ0n) is 16.2. The number of likely N-dealkylation sites (tertiary alicyclic amines) is 1. The molecule has 4 heterocycles. The molecule has 0 aliphatic carbocycles. The second-order valence-corrected chi connectivity index (χ2v) is 7.36. The average molecular weight is 380 g/mol. The van der Waals surface area contributed by atoms with E-state index in [4.69, 9.17) is 4.52 Å². The summed E-state index contributed by atoms with van der Waals surface area (Å²) < 4.78 is 5.27. The smallest absolute Gasteiger partial charge is 0.271 e. The fourth-order valence-electron chi connectivity index (χ4n) is 3.91. The average Bonchev–Trinajstić information content (AvgIpc) is 3.27. The summed E-state index contributed by atoms with van der Waals surface area (Å²) in [5.74, 6) is 1.29. The summed E-state index contributed by atoms with van der Waals surface area (Å²) in [7, 11) is 0. The van der Waals surface area contributed by atoms with Gasteiger partial charge in [-0.2, -0.15) is 5.10 Å². The quantitative estimate of drug-likeness (QED) is 0.747. The van der Waals surface area contributed by atoms with E-state index in [1.54, 1.807) is 18.6 Å². The van der Waals surface area contributed by atoms with Crippen molar-refractivity contribution in [2.24, 2.45) is 5.92 Å². The Hall–Kier alpha value is -3.03. The number of aromatic nitrogens is 5. The minimum Gasteiger partial charge on any atom is -0.361 e. The van der Waals surface area contributed by atoms with E-state index in [-0.39, 0.29) is 5.91 Å². The summed E-state index contributed by atoms with van der Waals surface area (Å²) in [4.78, 5) is 23.3. The molecule has 0 saturated carbocycles. The third-order valence-corrected chi connectivity index (χ3v) is 5.38. The summed E-state index contributed by atoms with van der Waals surface area (Å²) in [6.07, 6.45) is 7.14. The number of amides is 1. The molecule has 3 aromatic rings. The number of hydrogen-bond donors (Lipinski definition) is 1. The molecular formula is C20H24N6O2. The third kappa shape index (κ3) is 3.81. The molecule has 1 N–H and O–H groups in total. The normalized spacial score (nSPS) is 17.5. The van der Waals surface area contributed by atoms with Crippen molar-refractivity contribution in [3.8, 4) is 11.3 Å². The van der Waals surface area contributed by atoms with Gasteiger partial charge in [-0.15, -0.1) is 0 Å². The van der Waals surface area contributed by atoms with Crippen LogP contribution in [0.25, 0.3) is 11.3 Å². The Labute approximate surface area is 163 Å². The molecule has 0 unspecified atom stereocenters. The molecule has 3 aromatic heterocycles. The van der Waals surface area contributed by atoms with Crippen molar-refractivity contribution in [2.75, 3.05) is 13.1 Å². The highest BCUT2D eigenvalue weighted by molar-refractivity contribution is 5.92. The number of rotatable bonds is 4. The Balaban J connectivity index is 1.43. The van der Waals surface area contributed by atoms with E-state index >= 15 is 0 Å². The number of H-pyrrole nitrogens is 1. The van der Waals surface area contributed by atoms with Crippen LogP contribution in [0.3, 0.4) is 0 Å². The lowest BCUT2D eigenvalue weighted by Crippen LogP contribution is -2.32. The first-order valence-electron chi connectivity index (χ1n) is 9.64. The lowest BCUT2D eigenvalue weighted by molar-refractivity contribution is 0.0754. The number of nitrogens with one attached hydrogen (secondary N) is 1. The molecule has 28 heavy (non-hydrogen) atoms. The lowest BCUT2D eigenvalue weighted by Gasteiger charge is -2.19. The van der Waals surface area contributed by atoms with Crippen molar-refractivity contribution in [2.45, 2.75) is 39.5 Å². The predicted octanol–water partition coefficient (Wildman–Crippen LogP) is 2.96. The van der Waals surface area contributed by atoms with Gasteiger partial charge in [-0.1, -0.05) is 5.16 Å². The monoisotopic (exact) mass is 380 g/mol. The van der Waals surface area contributed by atoms with Gasteiger partial charge in [-0.05, 0) is 57.6 Å². The van der Waals surface area contributed by atoms with Crippen LogP contribution >= 0.6 is 0 Å². The van der Waals surface area contributed by atoms with Gasteiger partial charge in [0.25, 0.3) is 5.91 Å². The predicted molar refractivity (Wildman–Crippen MR) is 103 cm³/mol. The maximum Gasteiger partial charge on any atom is 0.271 e. The Morgan fingerprint density at radius 2 is 2.18 bits per heavy atom. The van der Waals surface area contributed by atoms with Crippen molar-refractivity contribution in [1.82, 2.24) is 30.2 Å². The Morgan fingerprint density at radius 1 is 1.29 bits per heavy atom. The zero-order valence-corrected chi connectivity index (χ0v) is 16.2. The molecule has 0 bridgehead atoms. The molecular weight excluding hydrogens is 356 g/mol. The van der Waals surface area contributed by atoms with Crippen LogP contribution < -0.4 is 0 Å². The van der Waals surface area contributed by atoms with E-state index in [9.17, 15) is 4.79 Å². The van der Waals surface area contributed by atoms with Gasteiger partial charge in [0.15, 0.2) is 0 Å². The first kappa shape index (κ1) is 18.3. The topological polar surface area (TPSA) is 101 Å². The molecule has 1 saturated heterocycles. The summed E-state index contributed by atoms with van der Waals surface area (Å²) in [5.41, 5.74) is 4.21. The van der Waals surface area contributed by atoms with E-state index in [1.165, 1.54) is 0 Å². The van der Waals surface area contributed by atoms with Crippen molar-refractivity contribution in [1.29, 1.82) is 0 Å². The van der Waals surface area contributed by atoms with E-state index in [1.807, 2.05) is 24.8 Å². The van der Waals surface area contributed by atoms with E-state index < -0.39 is 0 Å². The standard InChI is InChI=1S/C20H24N6O2/c1-13-19(14(2)28-25-13)18-11-16(21-12-22-18)10-15-4-3-8-26(9-6-15)20(27)17-5-7-23-24-17/h5,7,11-12,15H,3-4,6,8-10H2,1-2H3,(H,23,24)/t15-/m0/s1. The first-order chi connectivity index (χ1) is 13.6. The number of aromatic amines is 1. The highest BCUT2D eigenvalue weighted by atomic mass is 16.5. The molecule has 1 atom stereocenters. The molecule has 1 fully saturated rings. The molecule has 0 radical (unpaired) electrons. The van der Waals surface area contributed by atoms with Gasteiger partial charge in [0.1, 0.15) is 17.8 Å². The molecule has 0 aromatic carbocycles. The van der Waals surface area contributed by atoms with E-state index in [0.29, 0.717) is 11.6 Å². The summed E-state index contributed by atoms with van der Waals surface area (Å²) in [6, 6.07) is 3.76. The Kier molecular flexibility index (Phi) is 5.18. The van der Waals surface area contributed by atoms with Gasteiger partial charge >= 0.3 is 0 Å².